The summed E-state index contributed by atoms with van der Waals surface area (Å²) in [6.07, 6.45) is 1.56. The number of aryl methyl sites for hydroxylation is 1. The number of amides is 1. The van der Waals surface area contributed by atoms with Gasteiger partial charge in [-0.3, -0.25) is 9.59 Å². The predicted octanol–water partition coefficient (Wildman–Crippen LogP) is 2.04. The number of carbonyl (C=O) groups excluding carboxylic acids is 3. The third kappa shape index (κ3) is 4.32. The average Bonchev–Trinajstić information content (AvgIpc) is 2.95. The molecule has 0 atom stereocenters. The van der Waals surface area contributed by atoms with Gasteiger partial charge in [-0.2, -0.15) is 0 Å². The van der Waals surface area contributed by atoms with Gasteiger partial charge in [0, 0.05) is 32.4 Å². The second-order valence-electron chi connectivity index (χ2n) is 5.59. The van der Waals surface area contributed by atoms with E-state index in [0.717, 1.165) is 5.56 Å². The number of ether oxygens (including phenoxy) is 1. The summed E-state index contributed by atoms with van der Waals surface area (Å²) in [5.74, 6) is -1.07. The van der Waals surface area contributed by atoms with Gasteiger partial charge in [-0.25, -0.2) is 4.79 Å². The monoisotopic (exact) mass is 328 g/mol. The van der Waals surface area contributed by atoms with Gasteiger partial charge in [0.15, 0.2) is 12.4 Å². The third-order valence-corrected chi connectivity index (χ3v) is 3.64. The molecule has 6 heteroatoms. The summed E-state index contributed by atoms with van der Waals surface area (Å²) in [5, 5.41) is 0. The van der Waals surface area contributed by atoms with E-state index in [2.05, 4.69) is 0 Å². The molecule has 0 unspecified atom stereocenters. The fraction of sp³-hybridized carbons (Fsp3) is 0.278. The van der Waals surface area contributed by atoms with E-state index in [9.17, 15) is 14.4 Å². The molecule has 0 N–H and O–H groups in total. The van der Waals surface area contributed by atoms with Crippen LogP contribution in [0.4, 0.5) is 0 Å². The summed E-state index contributed by atoms with van der Waals surface area (Å²) in [7, 11) is 3.30. The van der Waals surface area contributed by atoms with Crippen molar-refractivity contribution in [2.75, 3.05) is 13.7 Å². The first kappa shape index (κ1) is 17.5. The molecule has 126 valence electrons. The zero-order valence-corrected chi connectivity index (χ0v) is 14.0. The van der Waals surface area contributed by atoms with Gasteiger partial charge in [-0.05, 0) is 18.6 Å². The lowest BCUT2D eigenvalue weighted by Gasteiger charge is -2.17. The van der Waals surface area contributed by atoms with Crippen LogP contribution < -0.4 is 0 Å². The molecule has 0 saturated heterocycles. The molecule has 0 aliphatic rings. The number of esters is 1. The van der Waals surface area contributed by atoms with Crippen molar-refractivity contribution in [1.82, 2.24) is 9.47 Å². The lowest BCUT2D eigenvalue weighted by molar-refractivity contribution is -0.133. The summed E-state index contributed by atoms with van der Waals surface area (Å²) in [6, 6.07) is 11.0. The average molecular weight is 328 g/mol. The number of aromatic nitrogens is 1. The summed E-state index contributed by atoms with van der Waals surface area (Å²) < 4.78 is 6.57. The highest BCUT2D eigenvalue weighted by Crippen LogP contribution is 2.10. The van der Waals surface area contributed by atoms with Gasteiger partial charge in [-0.1, -0.05) is 30.3 Å². The van der Waals surface area contributed by atoms with Crippen LogP contribution in [0.15, 0.2) is 42.6 Å². The minimum absolute atomic E-state index is 0.136. The maximum Gasteiger partial charge on any atom is 0.355 e. The Kier molecular flexibility index (Phi) is 5.52. The van der Waals surface area contributed by atoms with Crippen molar-refractivity contribution >= 4 is 17.7 Å². The standard InChI is InChI=1S/C18H20N2O4/c1-13(21)15-9-16(19(2)11-15)18(23)24-12-17(22)20(3)10-14-7-5-4-6-8-14/h4-9,11H,10,12H2,1-3H3. The third-order valence-electron chi connectivity index (χ3n) is 3.64. The second-order valence-corrected chi connectivity index (χ2v) is 5.59. The Labute approximate surface area is 140 Å². The second kappa shape index (κ2) is 7.59. The molecule has 6 nitrogen and oxygen atoms in total. The minimum Gasteiger partial charge on any atom is -0.451 e. The minimum atomic E-state index is -0.633. The molecule has 1 aromatic heterocycles. The molecule has 0 bridgehead atoms. The molecule has 0 fully saturated rings. The molecule has 0 aliphatic carbocycles. The van der Waals surface area contributed by atoms with Crippen molar-refractivity contribution in [3.63, 3.8) is 0 Å². The van der Waals surface area contributed by atoms with Crippen molar-refractivity contribution < 1.29 is 19.1 Å². The molecule has 1 heterocycles. The van der Waals surface area contributed by atoms with E-state index in [1.165, 1.54) is 22.5 Å². The highest BCUT2D eigenvalue weighted by molar-refractivity contribution is 5.98. The molecule has 2 rings (SSSR count). The van der Waals surface area contributed by atoms with E-state index in [4.69, 9.17) is 4.74 Å². The van der Waals surface area contributed by atoms with Crippen molar-refractivity contribution in [1.29, 1.82) is 0 Å². The van der Waals surface area contributed by atoms with Gasteiger partial charge in [0.25, 0.3) is 5.91 Å². The lowest BCUT2D eigenvalue weighted by Crippen LogP contribution is -2.31. The van der Waals surface area contributed by atoms with Gasteiger partial charge in [0.05, 0.1) is 0 Å². The van der Waals surface area contributed by atoms with Crippen molar-refractivity contribution in [3.8, 4) is 0 Å². The number of nitrogens with zero attached hydrogens (tertiary/aromatic N) is 2. The number of ketones is 1. The summed E-state index contributed by atoms with van der Waals surface area (Å²) in [4.78, 5) is 37.0. The molecule has 0 radical (unpaired) electrons. The van der Waals surface area contributed by atoms with E-state index in [0.29, 0.717) is 12.1 Å². The Balaban J connectivity index is 1.91. The van der Waals surface area contributed by atoms with Gasteiger partial charge in [-0.15, -0.1) is 0 Å². The molecule has 1 amide bonds. The van der Waals surface area contributed by atoms with Crippen LogP contribution in [0.1, 0.15) is 33.3 Å². The van der Waals surface area contributed by atoms with Gasteiger partial charge >= 0.3 is 5.97 Å². The quantitative estimate of drug-likeness (QED) is 0.601. The van der Waals surface area contributed by atoms with Crippen LogP contribution in [-0.2, 0) is 23.1 Å². The fourth-order valence-corrected chi connectivity index (χ4v) is 2.22. The lowest BCUT2D eigenvalue weighted by atomic mass is 10.2. The maximum absolute atomic E-state index is 12.1. The number of hydrogen-bond acceptors (Lipinski definition) is 4. The number of rotatable bonds is 6. The Hall–Kier alpha value is -2.89. The number of benzene rings is 1. The molecule has 2 aromatic rings. The van der Waals surface area contributed by atoms with Gasteiger partial charge in [0.1, 0.15) is 5.69 Å². The first-order chi connectivity index (χ1) is 11.4. The van der Waals surface area contributed by atoms with Crippen LogP contribution in [0, 0.1) is 0 Å². The fourth-order valence-electron chi connectivity index (χ4n) is 2.22. The van der Waals surface area contributed by atoms with E-state index in [1.807, 2.05) is 30.3 Å². The zero-order valence-electron chi connectivity index (χ0n) is 14.0. The molecule has 0 spiro atoms. The number of likely N-dealkylation sites (N-methyl/N-ethyl adjacent to an activating group) is 1. The molecule has 1 aromatic carbocycles. The zero-order chi connectivity index (χ0) is 17.7. The van der Waals surface area contributed by atoms with Crippen molar-refractivity contribution in [3.05, 3.63) is 59.4 Å². The molecule has 0 saturated carbocycles. The molecular weight excluding hydrogens is 308 g/mol. The first-order valence-corrected chi connectivity index (χ1v) is 7.51. The largest absolute Gasteiger partial charge is 0.451 e. The normalized spacial score (nSPS) is 10.3. The number of Topliss-reactive ketones (excluding diaryl/α,β-unsaturated/α-hetero) is 1. The SMILES string of the molecule is CC(=O)c1cc(C(=O)OCC(=O)N(C)Cc2ccccc2)n(C)c1. The van der Waals surface area contributed by atoms with Crippen LogP contribution in [0.5, 0.6) is 0 Å². The van der Waals surface area contributed by atoms with Crippen molar-refractivity contribution in [2.45, 2.75) is 13.5 Å². The van der Waals surface area contributed by atoms with Crippen LogP contribution in [0.3, 0.4) is 0 Å². The van der Waals surface area contributed by atoms with Crippen molar-refractivity contribution in [2.24, 2.45) is 7.05 Å². The first-order valence-electron chi connectivity index (χ1n) is 7.51. The Morgan fingerprint density at radius 3 is 2.42 bits per heavy atom. The summed E-state index contributed by atoms with van der Waals surface area (Å²) in [6.45, 7) is 1.52. The van der Waals surface area contributed by atoms with Gasteiger partial charge < -0.3 is 14.2 Å². The molecule has 0 aliphatic heterocycles. The van der Waals surface area contributed by atoms with E-state index in [-0.39, 0.29) is 24.0 Å². The topological polar surface area (TPSA) is 68.6 Å². The Morgan fingerprint density at radius 2 is 1.83 bits per heavy atom. The smallest absolute Gasteiger partial charge is 0.355 e. The predicted molar refractivity (Wildman–Crippen MR) is 88.6 cm³/mol. The van der Waals surface area contributed by atoms with E-state index >= 15 is 0 Å². The number of hydrogen-bond donors (Lipinski definition) is 0. The summed E-state index contributed by atoms with van der Waals surface area (Å²) >= 11 is 0. The Morgan fingerprint density at radius 1 is 1.17 bits per heavy atom. The number of carbonyl (C=O) groups is 3. The van der Waals surface area contributed by atoms with E-state index in [1.54, 1.807) is 20.3 Å². The van der Waals surface area contributed by atoms with E-state index < -0.39 is 5.97 Å². The molecule has 24 heavy (non-hydrogen) atoms. The highest BCUT2D eigenvalue weighted by atomic mass is 16.5. The maximum atomic E-state index is 12.1. The molecular formula is C18H20N2O4. The summed E-state index contributed by atoms with van der Waals surface area (Å²) in [5.41, 5.74) is 1.66. The van der Waals surface area contributed by atoms with Crippen LogP contribution >= 0.6 is 0 Å². The highest BCUT2D eigenvalue weighted by Gasteiger charge is 2.17. The van der Waals surface area contributed by atoms with Crippen LogP contribution in [0.25, 0.3) is 0 Å². The van der Waals surface area contributed by atoms with Crippen LogP contribution in [0.2, 0.25) is 0 Å². The van der Waals surface area contributed by atoms with Gasteiger partial charge in [0.2, 0.25) is 0 Å². The van der Waals surface area contributed by atoms with Crippen LogP contribution in [-0.4, -0.2) is 40.8 Å². The Bertz CT molecular complexity index is 750.